The van der Waals surface area contributed by atoms with Gasteiger partial charge in [-0.2, -0.15) is 0 Å². The summed E-state index contributed by atoms with van der Waals surface area (Å²) in [6, 6.07) is 6.25. The molecule has 4 N–H and O–H groups in total. The van der Waals surface area contributed by atoms with Crippen LogP contribution in [0.3, 0.4) is 0 Å². The lowest BCUT2D eigenvalue weighted by atomic mass is 10.1. The van der Waals surface area contributed by atoms with Crippen LogP contribution in [0, 0.1) is 5.92 Å². The number of hydrogen-bond donors (Lipinski definition) is 3. The smallest absolute Gasteiger partial charge is 0.257 e. The van der Waals surface area contributed by atoms with Crippen LogP contribution >= 0.6 is 0 Å². The highest BCUT2D eigenvalue weighted by Crippen LogP contribution is 2.16. The second-order valence-corrected chi connectivity index (χ2v) is 5.03. The van der Waals surface area contributed by atoms with Crippen molar-refractivity contribution in [2.24, 2.45) is 11.7 Å². The lowest BCUT2D eigenvalue weighted by Crippen LogP contribution is -2.39. The second-order valence-electron chi connectivity index (χ2n) is 5.03. The highest BCUT2D eigenvalue weighted by atomic mass is 16.5. The number of carbonyl (C=O) groups excluding carboxylic acids is 2. The summed E-state index contributed by atoms with van der Waals surface area (Å²) in [5.74, 6) is 0.246. The molecule has 0 saturated carbocycles. The number of nitrogens with two attached hydrogens (primary N) is 1. The summed E-state index contributed by atoms with van der Waals surface area (Å²) in [4.78, 5) is 23.1. The Morgan fingerprint density at radius 3 is 2.38 bits per heavy atom. The molecule has 6 heteroatoms. The van der Waals surface area contributed by atoms with E-state index in [-0.39, 0.29) is 24.3 Å². The summed E-state index contributed by atoms with van der Waals surface area (Å²) in [6.45, 7) is 6.17. The summed E-state index contributed by atoms with van der Waals surface area (Å²) < 4.78 is 5.32. The number of anilines is 1. The van der Waals surface area contributed by atoms with Crippen LogP contribution in [0.4, 0.5) is 5.69 Å². The van der Waals surface area contributed by atoms with E-state index >= 15 is 0 Å². The molecular weight excluding hydrogens is 270 g/mol. The normalized spacial score (nSPS) is 11.9. The molecule has 0 spiro atoms. The fourth-order valence-electron chi connectivity index (χ4n) is 1.56. The summed E-state index contributed by atoms with van der Waals surface area (Å²) >= 11 is 0. The first-order valence-electron chi connectivity index (χ1n) is 7.00. The molecular formula is C15H23N3O3. The molecule has 1 aromatic carbocycles. The minimum absolute atomic E-state index is 0.0300. The van der Waals surface area contributed by atoms with E-state index in [1.165, 1.54) is 0 Å². The number of hydrogen-bond acceptors (Lipinski definition) is 4. The Hall–Kier alpha value is -2.08. The monoisotopic (exact) mass is 293 g/mol. The third-order valence-corrected chi connectivity index (χ3v) is 2.89. The SMILES string of the molecule is CCNC(=O)COc1ccc(NC(=O)[C@@H](N)C(C)C)cc1. The summed E-state index contributed by atoms with van der Waals surface area (Å²) in [5, 5.41) is 5.38. The van der Waals surface area contributed by atoms with Crippen molar-refractivity contribution in [2.45, 2.75) is 26.8 Å². The largest absolute Gasteiger partial charge is 0.484 e. The molecule has 116 valence electrons. The Kier molecular flexibility index (Phi) is 6.68. The van der Waals surface area contributed by atoms with E-state index < -0.39 is 6.04 Å². The third kappa shape index (κ3) is 5.83. The summed E-state index contributed by atoms with van der Waals surface area (Å²) in [5.41, 5.74) is 6.41. The van der Waals surface area contributed by atoms with Gasteiger partial charge in [0.2, 0.25) is 5.91 Å². The van der Waals surface area contributed by atoms with Gasteiger partial charge in [-0.15, -0.1) is 0 Å². The van der Waals surface area contributed by atoms with Gasteiger partial charge in [0.25, 0.3) is 5.91 Å². The van der Waals surface area contributed by atoms with Gasteiger partial charge in [0.1, 0.15) is 5.75 Å². The summed E-state index contributed by atoms with van der Waals surface area (Å²) in [7, 11) is 0. The minimum atomic E-state index is -0.543. The predicted molar refractivity (Wildman–Crippen MR) is 82.1 cm³/mol. The van der Waals surface area contributed by atoms with Gasteiger partial charge in [-0.05, 0) is 37.1 Å². The van der Waals surface area contributed by atoms with E-state index in [0.717, 1.165) is 0 Å². The maximum absolute atomic E-state index is 11.8. The van der Waals surface area contributed by atoms with Crippen LogP contribution in [0.1, 0.15) is 20.8 Å². The molecule has 0 bridgehead atoms. The van der Waals surface area contributed by atoms with Crippen LogP contribution in [-0.2, 0) is 9.59 Å². The molecule has 0 unspecified atom stereocenters. The number of nitrogens with one attached hydrogen (secondary N) is 2. The lowest BCUT2D eigenvalue weighted by molar-refractivity contribution is -0.123. The van der Waals surface area contributed by atoms with Crippen LogP contribution in [0.15, 0.2) is 24.3 Å². The molecule has 0 fully saturated rings. The first-order valence-corrected chi connectivity index (χ1v) is 7.00. The van der Waals surface area contributed by atoms with Crippen molar-refractivity contribution < 1.29 is 14.3 Å². The van der Waals surface area contributed by atoms with Crippen molar-refractivity contribution in [3.05, 3.63) is 24.3 Å². The molecule has 1 atom stereocenters. The highest BCUT2D eigenvalue weighted by Gasteiger charge is 2.17. The predicted octanol–water partition coefficient (Wildman–Crippen LogP) is 1.12. The van der Waals surface area contributed by atoms with Crippen molar-refractivity contribution in [1.29, 1.82) is 0 Å². The zero-order chi connectivity index (χ0) is 15.8. The molecule has 6 nitrogen and oxygen atoms in total. The second kappa shape index (κ2) is 8.26. The van der Waals surface area contributed by atoms with Crippen molar-refractivity contribution in [3.63, 3.8) is 0 Å². The maximum Gasteiger partial charge on any atom is 0.257 e. The molecule has 2 amide bonds. The molecule has 0 heterocycles. The first-order chi connectivity index (χ1) is 9.93. The average Bonchev–Trinajstić information content (AvgIpc) is 2.45. The van der Waals surface area contributed by atoms with Gasteiger partial charge in [0, 0.05) is 12.2 Å². The molecule has 21 heavy (non-hydrogen) atoms. The highest BCUT2D eigenvalue weighted by molar-refractivity contribution is 5.94. The lowest BCUT2D eigenvalue weighted by Gasteiger charge is -2.15. The van der Waals surface area contributed by atoms with Crippen molar-refractivity contribution in [2.75, 3.05) is 18.5 Å². The maximum atomic E-state index is 11.8. The Morgan fingerprint density at radius 1 is 1.24 bits per heavy atom. The zero-order valence-electron chi connectivity index (χ0n) is 12.7. The fraction of sp³-hybridized carbons (Fsp3) is 0.467. The van der Waals surface area contributed by atoms with Gasteiger partial charge in [0.15, 0.2) is 6.61 Å². The van der Waals surface area contributed by atoms with Crippen LogP contribution in [-0.4, -0.2) is 31.0 Å². The van der Waals surface area contributed by atoms with Crippen molar-refractivity contribution in [3.8, 4) is 5.75 Å². The fourth-order valence-corrected chi connectivity index (χ4v) is 1.56. The molecule has 0 aliphatic heterocycles. The Bertz CT molecular complexity index is 472. The number of likely N-dealkylation sites (N-methyl/N-ethyl adjacent to an activating group) is 1. The molecule has 0 saturated heterocycles. The van der Waals surface area contributed by atoms with Crippen LogP contribution in [0.2, 0.25) is 0 Å². The van der Waals surface area contributed by atoms with E-state index in [4.69, 9.17) is 10.5 Å². The topological polar surface area (TPSA) is 93.5 Å². The third-order valence-electron chi connectivity index (χ3n) is 2.89. The van der Waals surface area contributed by atoms with Crippen LogP contribution < -0.4 is 21.1 Å². The van der Waals surface area contributed by atoms with Gasteiger partial charge in [-0.25, -0.2) is 0 Å². The Morgan fingerprint density at radius 2 is 1.86 bits per heavy atom. The number of ether oxygens (including phenoxy) is 1. The number of carbonyl (C=O) groups is 2. The van der Waals surface area contributed by atoms with Gasteiger partial charge in [0.05, 0.1) is 6.04 Å². The number of benzene rings is 1. The molecule has 0 aliphatic carbocycles. The van der Waals surface area contributed by atoms with Gasteiger partial charge >= 0.3 is 0 Å². The molecule has 1 rings (SSSR count). The minimum Gasteiger partial charge on any atom is -0.484 e. The summed E-state index contributed by atoms with van der Waals surface area (Å²) in [6.07, 6.45) is 0. The Balaban J connectivity index is 2.50. The zero-order valence-corrected chi connectivity index (χ0v) is 12.7. The van der Waals surface area contributed by atoms with Crippen LogP contribution in [0.25, 0.3) is 0 Å². The molecule has 1 aromatic rings. The number of amides is 2. The van der Waals surface area contributed by atoms with Gasteiger partial charge in [-0.1, -0.05) is 13.8 Å². The first kappa shape index (κ1) is 17.0. The quantitative estimate of drug-likeness (QED) is 0.702. The van der Waals surface area contributed by atoms with Gasteiger partial charge < -0.3 is 21.1 Å². The van der Waals surface area contributed by atoms with Crippen molar-refractivity contribution in [1.82, 2.24) is 5.32 Å². The van der Waals surface area contributed by atoms with E-state index in [1.807, 2.05) is 20.8 Å². The van der Waals surface area contributed by atoms with E-state index in [0.29, 0.717) is 18.0 Å². The Labute approximate surface area is 125 Å². The van der Waals surface area contributed by atoms with E-state index in [9.17, 15) is 9.59 Å². The molecule has 0 radical (unpaired) electrons. The molecule has 0 aliphatic rings. The standard InChI is InChI=1S/C15H23N3O3/c1-4-17-13(19)9-21-12-7-5-11(6-8-12)18-15(20)14(16)10(2)3/h5-8,10,14H,4,9,16H2,1-3H3,(H,17,19)(H,18,20)/t14-/m0/s1. The van der Waals surface area contributed by atoms with Crippen LogP contribution in [0.5, 0.6) is 5.75 Å². The molecule has 0 aromatic heterocycles. The van der Waals surface area contributed by atoms with E-state index in [2.05, 4.69) is 10.6 Å². The van der Waals surface area contributed by atoms with Crippen molar-refractivity contribution >= 4 is 17.5 Å². The number of rotatable bonds is 7. The average molecular weight is 293 g/mol. The van der Waals surface area contributed by atoms with Gasteiger partial charge in [-0.3, -0.25) is 9.59 Å². The van der Waals surface area contributed by atoms with E-state index in [1.54, 1.807) is 24.3 Å².